The standard InChI is InChI=1S/C14H11ClF3N3O2/c1-6(12(22)7-2-10(13(19)23)20-4-7)11-9(15)3-8(5-21-11)14(16,17)18/h2-6,20H,1H3,(H2,19,23)/t6-/m1/s1. The third kappa shape index (κ3) is 3.53. The Kier molecular flexibility index (Phi) is 4.46. The molecule has 0 bridgehead atoms. The Balaban J connectivity index is 2.30. The number of nitrogens with one attached hydrogen (secondary N) is 1. The van der Waals surface area contributed by atoms with Crippen LogP contribution in [0.5, 0.6) is 0 Å². The van der Waals surface area contributed by atoms with E-state index in [4.69, 9.17) is 17.3 Å². The number of pyridine rings is 1. The van der Waals surface area contributed by atoms with Gasteiger partial charge in [0, 0.05) is 18.0 Å². The van der Waals surface area contributed by atoms with Gasteiger partial charge in [0.05, 0.1) is 22.2 Å². The molecule has 0 spiro atoms. The molecule has 0 saturated carbocycles. The molecule has 0 saturated heterocycles. The Hall–Kier alpha value is -2.35. The van der Waals surface area contributed by atoms with Crippen LogP contribution in [-0.2, 0) is 6.18 Å². The number of alkyl halides is 3. The highest BCUT2D eigenvalue weighted by atomic mass is 35.5. The third-order valence-electron chi connectivity index (χ3n) is 3.23. The zero-order valence-electron chi connectivity index (χ0n) is 11.7. The molecule has 3 N–H and O–H groups in total. The van der Waals surface area contributed by atoms with E-state index in [2.05, 4.69) is 9.97 Å². The number of hydrogen-bond acceptors (Lipinski definition) is 3. The zero-order valence-corrected chi connectivity index (χ0v) is 12.5. The summed E-state index contributed by atoms with van der Waals surface area (Å²) in [5.41, 5.74) is 4.30. The molecule has 2 aromatic heterocycles. The molecular weight excluding hydrogens is 335 g/mol. The lowest BCUT2D eigenvalue weighted by atomic mass is 9.97. The van der Waals surface area contributed by atoms with Gasteiger partial charge in [-0.25, -0.2) is 0 Å². The van der Waals surface area contributed by atoms with E-state index in [0.29, 0.717) is 6.20 Å². The lowest BCUT2D eigenvalue weighted by Gasteiger charge is -2.13. The number of nitrogens with two attached hydrogens (primary N) is 1. The smallest absolute Gasteiger partial charge is 0.364 e. The van der Waals surface area contributed by atoms with E-state index in [-0.39, 0.29) is 22.0 Å². The van der Waals surface area contributed by atoms with Crippen molar-refractivity contribution < 1.29 is 22.8 Å². The van der Waals surface area contributed by atoms with Gasteiger partial charge in [0.1, 0.15) is 5.69 Å². The number of carbonyl (C=O) groups excluding carboxylic acids is 2. The molecule has 1 amide bonds. The summed E-state index contributed by atoms with van der Waals surface area (Å²) in [6.07, 6.45) is -2.66. The van der Waals surface area contributed by atoms with Crippen LogP contribution < -0.4 is 5.73 Å². The van der Waals surface area contributed by atoms with Gasteiger partial charge in [-0.15, -0.1) is 0 Å². The second-order valence-electron chi connectivity index (χ2n) is 4.84. The fourth-order valence-corrected chi connectivity index (χ4v) is 2.31. The first-order chi connectivity index (χ1) is 10.6. The molecule has 0 radical (unpaired) electrons. The van der Waals surface area contributed by atoms with E-state index in [1.54, 1.807) is 0 Å². The molecule has 0 aliphatic rings. The van der Waals surface area contributed by atoms with Crippen molar-refractivity contribution in [3.8, 4) is 0 Å². The van der Waals surface area contributed by atoms with E-state index >= 15 is 0 Å². The maximum atomic E-state index is 12.6. The van der Waals surface area contributed by atoms with E-state index in [1.165, 1.54) is 19.2 Å². The predicted molar refractivity (Wildman–Crippen MR) is 76.3 cm³/mol. The molecule has 122 valence electrons. The number of Topliss-reactive ketones (excluding diaryl/α,β-unsaturated/α-hetero) is 1. The molecule has 1 atom stereocenters. The van der Waals surface area contributed by atoms with Crippen LogP contribution in [0.4, 0.5) is 13.2 Å². The Morgan fingerprint density at radius 3 is 2.48 bits per heavy atom. The molecule has 23 heavy (non-hydrogen) atoms. The Morgan fingerprint density at radius 2 is 2.00 bits per heavy atom. The number of amides is 1. The van der Waals surface area contributed by atoms with Gasteiger partial charge in [0.15, 0.2) is 5.78 Å². The first kappa shape index (κ1) is 17.0. The largest absolute Gasteiger partial charge is 0.417 e. The molecular formula is C14H11ClF3N3O2. The summed E-state index contributed by atoms with van der Waals surface area (Å²) in [6, 6.07) is 1.98. The molecule has 2 aromatic rings. The molecule has 2 rings (SSSR count). The van der Waals surface area contributed by atoms with Crippen molar-refractivity contribution >= 4 is 23.3 Å². The summed E-state index contributed by atoms with van der Waals surface area (Å²) in [5, 5.41) is -0.258. The summed E-state index contributed by atoms with van der Waals surface area (Å²) in [7, 11) is 0. The van der Waals surface area contributed by atoms with E-state index in [1.807, 2.05) is 0 Å². The Labute approximate surface area is 133 Å². The van der Waals surface area contributed by atoms with Gasteiger partial charge < -0.3 is 10.7 Å². The van der Waals surface area contributed by atoms with Crippen LogP contribution in [-0.4, -0.2) is 21.7 Å². The molecule has 0 aliphatic carbocycles. The minimum absolute atomic E-state index is 0.0199. The maximum Gasteiger partial charge on any atom is 0.417 e. The fraction of sp³-hybridized carbons (Fsp3) is 0.214. The van der Waals surface area contributed by atoms with E-state index in [0.717, 1.165) is 6.07 Å². The highest BCUT2D eigenvalue weighted by Gasteiger charge is 2.32. The van der Waals surface area contributed by atoms with Crippen LogP contribution in [0.25, 0.3) is 0 Å². The number of primary amides is 1. The quantitative estimate of drug-likeness (QED) is 0.834. The molecule has 0 fully saturated rings. The lowest BCUT2D eigenvalue weighted by Crippen LogP contribution is -2.13. The van der Waals surface area contributed by atoms with E-state index < -0.39 is 29.3 Å². The number of H-pyrrole nitrogens is 1. The average Bonchev–Trinajstić information content (AvgIpc) is 2.94. The predicted octanol–water partition coefficient (Wildman–Crippen LogP) is 3.17. The van der Waals surface area contributed by atoms with Crippen LogP contribution in [0.1, 0.15) is 44.9 Å². The van der Waals surface area contributed by atoms with Crippen LogP contribution in [0.3, 0.4) is 0 Å². The SMILES string of the molecule is C[C@@H](C(=O)c1c[nH]c(C(N)=O)c1)c1ncc(C(F)(F)F)cc1Cl. The van der Waals surface area contributed by atoms with Gasteiger partial charge in [-0.05, 0) is 19.1 Å². The highest BCUT2D eigenvalue weighted by Crippen LogP contribution is 2.33. The summed E-state index contributed by atoms with van der Waals surface area (Å²) in [6.45, 7) is 1.46. The second-order valence-corrected chi connectivity index (χ2v) is 5.25. The summed E-state index contributed by atoms with van der Waals surface area (Å²) in [5.74, 6) is -2.08. The number of carbonyl (C=O) groups is 2. The molecule has 9 heteroatoms. The van der Waals surface area contributed by atoms with Gasteiger partial charge in [-0.1, -0.05) is 11.6 Å². The lowest BCUT2D eigenvalue weighted by molar-refractivity contribution is -0.137. The summed E-state index contributed by atoms with van der Waals surface area (Å²) < 4.78 is 37.8. The first-order valence-corrected chi connectivity index (χ1v) is 6.74. The Morgan fingerprint density at radius 1 is 1.35 bits per heavy atom. The molecule has 0 aromatic carbocycles. The van der Waals surface area contributed by atoms with Crippen molar-refractivity contribution in [2.24, 2.45) is 5.73 Å². The zero-order chi connectivity index (χ0) is 17.4. The van der Waals surface area contributed by atoms with Crippen LogP contribution in [0.15, 0.2) is 24.5 Å². The van der Waals surface area contributed by atoms with Crippen molar-refractivity contribution in [1.29, 1.82) is 0 Å². The average molecular weight is 346 g/mol. The molecule has 2 heterocycles. The number of aromatic nitrogens is 2. The van der Waals surface area contributed by atoms with Crippen LogP contribution in [0, 0.1) is 0 Å². The number of halogens is 4. The van der Waals surface area contributed by atoms with Gasteiger partial charge in [0.25, 0.3) is 5.91 Å². The van der Waals surface area contributed by atoms with Crippen molar-refractivity contribution in [2.75, 3.05) is 0 Å². The molecule has 0 aliphatic heterocycles. The fourth-order valence-electron chi connectivity index (χ4n) is 1.98. The van der Waals surface area contributed by atoms with Gasteiger partial charge in [-0.2, -0.15) is 13.2 Å². The second kappa shape index (κ2) is 6.04. The third-order valence-corrected chi connectivity index (χ3v) is 3.54. The van der Waals surface area contributed by atoms with Crippen molar-refractivity contribution in [2.45, 2.75) is 19.0 Å². The number of nitrogens with zero attached hydrogens (tertiary/aromatic N) is 1. The maximum absolute atomic E-state index is 12.6. The number of aromatic amines is 1. The topological polar surface area (TPSA) is 88.8 Å². The molecule has 5 nitrogen and oxygen atoms in total. The minimum atomic E-state index is -4.57. The summed E-state index contributed by atoms with van der Waals surface area (Å²) in [4.78, 5) is 29.5. The minimum Gasteiger partial charge on any atom is -0.364 e. The molecule has 0 unspecified atom stereocenters. The van der Waals surface area contributed by atoms with Crippen molar-refractivity contribution in [3.63, 3.8) is 0 Å². The van der Waals surface area contributed by atoms with Gasteiger partial charge in [-0.3, -0.25) is 14.6 Å². The number of rotatable bonds is 4. The highest BCUT2D eigenvalue weighted by molar-refractivity contribution is 6.31. The normalized spacial score (nSPS) is 12.9. The monoisotopic (exact) mass is 345 g/mol. The number of ketones is 1. The summed E-state index contributed by atoms with van der Waals surface area (Å²) >= 11 is 5.82. The van der Waals surface area contributed by atoms with Crippen LogP contribution in [0.2, 0.25) is 5.02 Å². The van der Waals surface area contributed by atoms with Crippen molar-refractivity contribution in [3.05, 3.63) is 52.1 Å². The van der Waals surface area contributed by atoms with Crippen LogP contribution >= 0.6 is 11.6 Å². The van der Waals surface area contributed by atoms with E-state index in [9.17, 15) is 22.8 Å². The van der Waals surface area contributed by atoms with Crippen molar-refractivity contribution in [1.82, 2.24) is 9.97 Å². The first-order valence-electron chi connectivity index (χ1n) is 6.36. The Bertz CT molecular complexity index is 771. The van der Waals surface area contributed by atoms with Gasteiger partial charge in [0.2, 0.25) is 0 Å². The number of hydrogen-bond donors (Lipinski definition) is 2. The van der Waals surface area contributed by atoms with Gasteiger partial charge >= 0.3 is 6.18 Å².